The first-order valence-electron chi connectivity index (χ1n) is 10.9. The van der Waals surface area contributed by atoms with Crippen molar-refractivity contribution in [2.75, 3.05) is 5.32 Å². The van der Waals surface area contributed by atoms with Crippen LogP contribution in [0.25, 0.3) is 10.8 Å². The molecular weight excluding hydrogens is 430 g/mol. The predicted octanol–water partition coefficient (Wildman–Crippen LogP) is 4.02. The van der Waals surface area contributed by atoms with Crippen LogP contribution in [0.3, 0.4) is 0 Å². The van der Waals surface area contributed by atoms with Crippen LogP contribution in [-0.2, 0) is 27.8 Å². The molecule has 0 fully saturated rings. The average molecular weight is 456 g/mol. The van der Waals surface area contributed by atoms with Crippen molar-refractivity contribution < 1.29 is 14.3 Å². The van der Waals surface area contributed by atoms with E-state index in [1.54, 1.807) is 48.5 Å². The first-order chi connectivity index (χ1) is 16.3. The van der Waals surface area contributed by atoms with Crippen LogP contribution in [0.4, 0.5) is 5.69 Å². The standard InChI is InChI=1S/C27H25N3O4/c1-17-13-18(2)15-20(14-17)28-26(32)25(19-9-5-4-6-10-19)34-24(31)16-23-21-11-7-8-12-22(21)27(33)30(3)29-23/h4-15,25H,16H2,1-3H3,(H,28,32). The van der Waals surface area contributed by atoms with Gasteiger partial charge in [-0.3, -0.25) is 14.4 Å². The van der Waals surface area contributed by atoms with Gasteiger partial charge in [-0.25, -0.2) is 4.68 Å². The summed E-state index contributed by atoms with van der Waals surface area (Å²) in [4.78, 5) is 38.5. The van der Waals surface area contributed by atoms with Crippen molar-refractivity contribution in [2.24, 2.45) is 7.05 Å². The molecule has 0 saturated heterocycles. The van der Waals surface area contributed by atoms with Crippen LogP contribution < -0.4 is 10.9 Å². The lowest BCUT2D eigenvalue weighted by Gasteiger charge is -2.19. The number of aromatic nitrogens is 2. The van der Waals surface area contributed by atoms with Gasteiger partial charge in [-0.05, 0) is 43.2 Å². The van der Waals surface area contributed by atoms with Crippen molar-refractivity contribution in [3.8, 4) is 0 Å². The molecule has 0 radical (unpaired) electrons. The Morgan fingerprint density at radius 3 is 2.24 bits per heavy atom. The van der Waals surface area contributed by atoms with Gasteiger partial charge in [0.1, 0.15) is 0 Å². The van der Waals surface area contributed by atoms with Crippen LogP contribution in [0.5, 0.6) is 0 Å². The maximum absolute atomic E-state index is 13.2. The van der Waals surface area contributed by atoms with Crippen molar-refractivity contribution in [1.82, 2.24) is 9.78 Å². The molecular formula is C27H25N3O4. The fourth-order valence-corrected chi connectivity index (χ4v) is 3.97. The van der Waals surface area contributed by atoms with Gasteiger partial charge in [-0.15, -0.1) is 0 Å². The Kier molecular flexibility index (Phi) is 6.54. The Balaban J connectivity index is 1.61. The number of carbonyl (C=O) groups is 2. The van der Waals surface area contributed by atoms with Crippen molar-refractivity contribution in [3.63, 3.8) is 0 Å². The fourth-order valence-electron chi connectivity index (χ4n) is 3.97. The molecule has 0 bridgehead atoms. The zero-order valence-corrected chi connectivity index (χ0v) is 19.2. The molecule has 7 heteroatoms. The highest BCUT2D eigenvalue weighted by atomic mass is 16.5. The number of fused-ring (bicyclic) bond motifs is 1. The largest absolute Gasteiger partial charge is 0.447 e. The van der Waals surface area contributed by atoms with E-state index in [1.165, 1.54) is 11.7 Å². The number of ether oxygens (including phenoxy) is 1. The van der Waals surface area contributed by atoms with Crippen LogP contribution in [0.1, 0.15) is 28.5 Å². The summed E-state index contributed by atoms with van der Waals surface area (Å²) in [6.07, 6.45) is -1.33. The Labute approximate surface area is 197 Å². The van der Waals surface area contributed by atoms with E-state index in [0.717, 1.165) is 11.1 Å². The molecule has 3 aromatic carbocycles. The lowest BCUT2D eigenvalue weighted by Crippen LogP contribution is -2.27. The number of esters is 1. The molecule has 34 heavy (non-hydrogen) atoms. The summed E-state index contributed by atoms with van der Waals surface area (Å²) < 4.78 is 6.88. The number of nitrogens with zero attached hydrogens (tertiary/aromatic N) is 2. The van der Waals surface area contributed by atoms with Gasteiger partial charge >= 0.3 is 5.97 Å². The molecule has 0 aliphatic heterocycles. The monoisotopic (exact) mass is 455 g/mol. The molecule has 1 atom stereocenters. The fraction of sp³-hybridized carbons (Fsp3) is 0.185. The number of hydrogen-bond donors (Lipinski definition) is 1. The van der Waals surface area contributed by atoms with Gasteiger partial charge in [0.15, 0.2) is 0 Å². The highest BCUT2D eigenvalue weighted by Crippen LogP contribution is 2.23. The first kappa shape index (κ1) is 22.9. The van der Waals surface area contributed by atoms with Crippen molar-refractivity contribution in [3.05, 3.63) is 106 Å². The molecule has 1 amide bonds. The number of amides is 1. The van der Waals surface area contributed by atoms with E-state index in [9.17, 15) is 14.4 Å². The first-order valence-corrected chi connectivity index (χ1v) is 10.9. The van der Waals surface area contributed by atoms with E-state index < -0.39 is 18.0 Å². The smallest absolute Gasteiger partial charge is 0.313 e. The van der Waals surface area contributed by atoms with Gasteiger partial charge < -0.3 is 10.1 Å². The van der Waals surface area contributed by atoms with E-state index >= 15 is 0 Å². The zero-order valence-electron chi connectivity index (χ0n) is 19.2. The minimum absolute atomic E-state index is 0.186. The Hall–Kier alpha value is -4.26. The van der Waals surface area contributed by atoms with Gasteiger partial charge in [-0.2, -0.15) is 5.10 Å². The lowest BCUT2D eigenvalue weighted by molar-refractivity contribution is -0.154. The molecule has 0 spiro atoms. The van der Waals surface area contributed by atoms with Crippen LogP contribution in [0.2, 0.25) is 0 Å². The summed E-state index contributed by atoms with van der Waals surface area (Å²) in [5, 5.41) is 8.17. The average Bonchev–Trinajstić information content (AvgIpc) is 2.80. The van der Waals surface area contributed by atoms with Gasteiger partial charge in [0.25, 0.3) is 11.5 Å². The molecule has 4 rings (SSSR count). The number of benzene rings is 3. The number of carbonyl (C=O) groups excluding carboxylic acids is 2. The minimum Gasteiger partial charge on any atom is -0.447 e. The highest BCUT2D eigenvalue weighted by molar-refractivity contribution is 5.96. The van der Waals surface area contributed by atoms with E-state index in [-0.39, 0.29) is 12.0 Å². The second kappa shape index (κ2) is 9.70. The Bertz CT molecular complexity index is 1410. The summed E-state index contributed by atoms with van der Waals surface area (Å²) in [6.45, 7) is 3.89. The molecule has 0 aliphatic carbocycles. The quantitative estimate of drug-likeness (QED) is 0.444. The van der Waals surface area contributed by atoms with E-state index in [0.29, 0.717) is 27.7 Å². The van der Waals surface area contributed by atoms with Crippen LogP contribution in [-0.4, -0.2) is 21.7 Å². The number of rotatable bonds is 6. The zero-order chi connectivity index (χ0) is 24.2. The van der Waals surface area contributed by atoms with E-state index in [2.05, 4.69) is 10.4 Å². The summed E-state index contributed by atoms with van der Waals surface area (Å²) in [5.41, 5.74) is 3.36. The van der Waals surface area contributed by atoms with Crippen molar-refractivity contribution in [2.45, 2.75) is 26.4 Å². The second-order valence-electron chi connectivity index (χ2n) is 8.24. The highest BCUT2D eigenvalue weighted by Gasteiger charge is 2.26. The van der Waals surface area contributed by atoms with E-state index in [4.69, 9.17) is 4.74 Å². The lowest BCUT2D eigenvalue weighted by atomic mass is 10.1. The molecule has 0 saturated carbocycles. The van der Waals surface area contributed by atoms with Gasteiger partial charge in [-0.1, -0.05) is 54.6 Å². The maximum atomic E-state index is 13.2. The van der Waals surface area contributed by atoms with Crippen molar-refractivity contribution >= 4 is 28.3 Å². The van der Waals surface area contributed by atoms with Crippen LogP contribution in [0, 0.1) is 13.8 Å². The number of hydrogen-bond acceptors (Lipinski definition) is 5. The Morgan fingerprint density at radius 2 is 1.56 bits per heavy atom. The van der Waals surface area contributed by atoms with Crippen LogP contribution >= 0.6 is 0 Å². The molecule has 1 heterocycles. The molecule has 1 N–H and O–H groups in total. The van der Waals surface area contributed by atoms with Gasteiger partial charge in [0.2, 0.25) is 6.10 Å². The van der Waals surface area contributed by atoms with Crippen molar-refractivity contribution in [1.29, 1.82) is 0 Å². The molecule has 0 aliphatic rings. The number of aryl methyl sites for hydroxylation is 3. The summed E-state index contributed by atoms with van der Waals surface area (Å²) in [5.74, 6) is -1.08. The predicted molar refractivity (Wildman–Crippen MR) is 131 cm³/mol. The van der Waals surface area contributed by atoms with Gasteiger partial charge in [0, 0.05) is 23.7 Å². The molecule has 172 valence electrons. The topological polar surface area (TPSA) is 90.3 Å². The normalized spacial score (nSPS) is 11.7. The third-order valence-corrected chi connectivity index (χ3v) is 5.42. The number of nitrogens with one attached hydrogen (secondary N) is 1. The summed E-state index contributed by atoms with van der Waals surface area (Å²) in [6, 6.07) is 21.6. The summed E-state index contributed by atoms with van der Waals surface area (Å²) >= 11 is 0. The third-order valence-electron chi connectivity index (χ3n) is 5.42. The third kappa shape index (κ3) is 5.04. The molecule has 1 unspecified atom stereocenters. The summed E-state index contributed by atoms with van der Waals surface area (Å²) in [7, 11) is 1.54. The molecule has 7 nitrogen and oxygen atoms in total. The van der Waals surface area contributed by atoms with Gasteiger partial charge in [0.05, 0.1) is 17.5 Å². The Morgan fingerprint density at radius 1 is 0.941 bits per heavy atom. The SMILES string of the molecule is Cc1cc(C)cc(NC(=O)C(OC(=O)Cc2nn(C)c(=O)c3ccccc23)c2ccccc2)c1. The second-order valence-corrected chi connectivity index (χ2v) is 8.24. The van der Waals surface area contributed by atoms with Crippen LogP contribution in [0.15, 0.2) is 77.6 Å². The maximum Gasteiger partial charge on any atom is 0.313 e. The van der Waals surface area contributed by atoms with E-state index in [1.807, 2.05) is 38.1 Å². The number of anilines is 1. The molecule has 1 aromatic heterocycles. The molecule has 4 aromatic rings. The minimum atomic E-state index is -1.15.